The molecule has 0 bridgehead atoms. The van der Waals surface area contributed by atoms with Gasteiger partial charge in [-0.3, -0.25) is 4.79 Å². The van der Waals surface area contributed by atoms with Gasteiger partial charge >= 0.3 is 0 Å². The molecule has 0 spiro atoms. The Balaban J connectivity index is 2.32. The fraction of sp³-hybridized carbons (Fsp3) is 0.632. The third-order valence-electron chi connectivity index (χ3n) is 4.66. The summed E-state index contributed by atoms with van der Waals surface area (Å²) in [4.78, 5) is 15.3. The summed E-state index contributed by atoms with van der Waals surface area (Å²) in [5, 5.41) is 0. The molecule has 1 aromatic rings. The molecular formula is C19H29NO. The third-order valence-corrected chi connectivity index (χ3v) is 4.66. The maximum atomic E-state index is 13.2. The number of carbonyl (C=O) groups excluding carboxylic acids is 1. The molecule has 0 unspecified atom stereocenters. The van der Waals surface area contributed by atoms with Gasteiger partial charge in [0.1, 0.15) is 0 Å². The van der Waals surface area contributed by atoms with Gasteiger partial charge in [-0.25, -0.2) is 0 Å². The number of rotatable bonds is 5. The Hall–Kier alpha value is -1.31. The van der Waals surface area contributed by atoms with Crippen molar-refractivity contribution in [2.45, 2.75) is 71.4 Å². The van der Waals surface area contributed by atoms with Crippen LogP contribution >= 0.6 is 0 Å². The minimum atomic E-state index is 0.0403. The zero-order chi connectivity index (χ0) is 15.4. The Labute approximate surface area is 129 Å². The van der Waals surface area contributed by atoms with Gasteiger partial charge in [0, 0.05) is 12.1 Å². The number of nitrogens with zero attached hydrogens (tertiary/aromatic N) is 1. The molecule has 2 heteroatoms. The van der Waals surface area contributed by atoms with Crippen LogP contribution in [0.5, 0.6) is 0 Å². The molecule has 1 atom stereocenters. The normalized spacial score (nSPS) is 17.4. The van der Waals surface area contributed by atoms with Gasteiger partial charge in [-0.15, -0.1) is 0 Å². The first kappa shape index (κ1) is 16.1. The van der Waals surface area contributed by atoms with Crippen LogP contribution in [0.3, 0.4) is 0 Å². The Morgan fingerprint density at radius 2 is 1.52 bits per heavy atom. The predicted molar refractivity (Wildman–Crippen MR) is 88.3 cm³/mol. The lowest BCUT2D eigenvalue weighted by Crippen LogP contribution is -2.45. The van der Waals surface area contributed by atoms with Crippen LogP contribution in [-0.4, -0.2) is 22.9 Å². The fourth-order valence-electron chi connectivity index (χ4n) is 3.83. The van der Waals surface area contributed by atoms with Crippen LogP contribution in [0.25, 0.3) is 0 Å². The van der Waals surface area contributed by atoms with Crippen LogP contribution in [0, 0.1) is 5.92 Å². The number of amides is 1. The summed E-state index contributed by atoms with van der Waals surface area (Å²) in [5.41, 5.74) is 1.20. The molecule has 0 radical (unpaired) electrons. The molecule has 2 rings (SSSR count). The lowest BCUT2D eigenvalue weighted by Gasteiger charge is -2.36. The lowest BCUT2D eigenvalue weighted by molar-refractivity contribution is -0.137. The van der Waals surface area contributed by atoms with Crippen LogP contribution in [-0.2, 0) is 4.79 Å². The lowest BCUT2D eigenvalue weighted by atomic mass is 9.83. The molecule has 0 aliphatic heterocycles. The summed E-state index contributed by atoms with van der Waals surface area (Å²) in [6.45, 7) is 8.48. The zero-order valence-corrected chi connectivity index (χ0v) is 13.9. The van der Waals surface area contributed by atoms with Crippen molar-refractivity contribution in [1.82, 2.24) is 4.90 Å². The molecule has 1 saturated carbocycles. The van der Waals surface area contributed by atoms with E-state index in [1.165, 1.54) is 31.2 Å². The van der Waals surface area contributed by atoms with Crippen molar-refractivity contribution in [2.24, 2.45) is 5.92 Å². The van der Waals surface area contributed by atoms with Crippen LogP contribution in [0.4, 0.5) is 0 Å². The van der Waals surface area contributed by atoms with E-state index in [2.05, 4.69) is 56.9 Å². The van der Waals surface area contributed by atoms with E-state index in [-0.39, 0.29) is 18.0 Å². The molecule has 1 aromatic carbocycles. The average Bonchev–Trinajstić information content (AvgIpc) is 2.93. The highest BCUT2D eigenvalue weighted by Gasteiger charge is 2.36. The second kappa shape index (κ2) is 7.11. The minimum Gasteiger partial charge on any atom is -0.337 e. The topological polar surface area (TPSA) is 20.3 Å². The van der Waals surface area contributed by atoms with Crippen molar-refractivity contribution in [3.63, 3.8) is 0 Å². The van der Waals surface area contributed by atoms with Gasteiger partial charge in [0.05, 0.1) is 5.92 Å². The second-order valence-electron chi connectivity index (χ2n) is 6.87. The van der Waals surface area contributed by atoms with Crippen LogP contribution < -0.4 is 0 Å². The maximum absolute atomic E-state index is 13.2. The first-order chi connectivity index (χ1) is 10.0. The van der Waals surface area contributed by atoms with E-state index >= 15 is 0 Å². The van der Waals surface area contributed by atoms with Crippen molar-refractivity contribution in [2.75, 3.05) is 0 Å². The molecule has 1 amide bonds. The molecule has 1 fully saturated rings. The Kier molecular flexibility index (Phi) is 5.44. The molecule has 116 valence electrons. The quantitative estimate of drug-likeness (QED) is 0.774. The summed E-state index contributed by atoms with van der Waals surface area (Å²) < 4.78 is 0. The molecule has 21 heavy (non-hydrogen) atoms. The summed E-state index contributed by atoms with van der Waals surface area (Å²) in [6.07, 6.45) is 4.92. The molecule has 1 aliphatic carbocycles. The maximum Gasteiger partial charge on any atom is 0.230 e. The first-order valence-corrected chi connectivity index (χ1v) is 8.39. The van der Waals surface area contributed by atoms with E-state index < -0.39 is 0 Å². The van der Waals surface area contributed by atoms with Gasteiger partial charge in [-0.2, -0.15) is 0 Å². The smallest absolute Gasteiger partial charge is 0.230 e. The Morgan fingerprint density at radius 1 is 1.00 bits per heavy atom. The highest BCUT2D eigenvalue weighted by Crippen LogP contribution is 2.39. The molecule has 0 saturated heterocycles. The van der Waals surface area contributed by atoms with Gasteiger partial charge in [0.15, 0.2) is 0 Å². The van der Waals surface area contributed by atoms with Crippen molar-refractivity contribution in [1.29, 1.82) is 0 Å². The van der Waals surface area contributed by atoms with Crippen LogP contribution in [0.1, 0.15) is 64.9 Å². The summed E-state index contributed by atoms with van der Waals surface area (Å²) in [5.74, 6) is 0.872. The minimum absolute atomic E-state index is 0.0403. The average molecular weight is 287 g/mol. The van der Waals surface area contributed by atoms with Crippen molar-refractivity contribution >= 4 is 5.91 Å². The molecule has 0 aromatic heterocycles. The van der Waals surface area contributed by atoms with E-state index in [4.69, 9.17) is 0 Å². The van der Waals surface area contributed by atoms with Gasteiger partial charge in [0.2, 0.25) is 5.91 Å². The summed E-state index contributed by atoms with van der Waals surface area (Å²) in [7, 11) is 0. The van der Waals surface area contributed by atoms with Gasteiger partial charge in [0.25, 0.3) is 0 Å². The van der Waals surface area contributed by atoms with E-state index in [9.17, 15) is 4.79 Å². The third kappa shape index (κ3) is 3.66. The van der Waals surface area contributed by atoms with Crippen molar-refractivity contribution in [3.8, 4) is 0 Å². The first-order valence-electron chi connectivity index (χ1n) is 8.39. The monoisotopic (exact) mass is 287 g/mol. The summed E-state index contributed by atoms with van der Waals surface area (Å²) in [6, 6.07) is 10.9. The molecule has 0 N–H and O–H groups in total. The number of benzene rings is 1. The second-order valence-corrected chi connectivity index (χ2v) is 6.87. The predicted octanol–water partition coefficient (Wildman–Crippen LogP) is 4.61. The van der Waals surface area contributed by atoms with Crippen LogP contribution in [0.2, 0.25) is 0 Å². The van der Waals surface area contributed by atoms with E-state index in [1.54, 1.807) is 0 Å². The summed E-state index contributed by atoms with van der Waals surface area (Å²) >= 11 is 0. The van der Waals surface area contributed by atoms with Gasteiger partial charge in [-0.1, -0.05) is 43.2 Å². The number of carbonyl (C=O) groups is 1. The Morgan fingerprint density at radius 3 is 2.00 bits per heavy atom. The van der Waals surface area contributed by atoms with Gasteiger partial charge < -0.3 is 4.90 Å². The standard InChI is InChI=1S/C19H29NO/c1-14(2)20(15(3)4)19(21)18(17-12-8-9-13-17)16-10-6-5-7-11-16/h5-7,10-11,14-15,17-18H,8-9,12-13H2,1-4H3/t18-/m0/s1. The zero-order valence-electron chi connectivity index (χ0n) is 13.9. The van der Waals surface area contributed by atoms with Crippen LogP contribution in [0.15, 0.2) is 30.3 Å². The van der Waals surface area contributed by atoms with Crippen molar-refractivity contribution < 1.29 is 4.79 Å². The number of hydrogen-bond acceptors (Lipinski definition) is 1. The van der Waals surface area contributed by atoms with E-state index in [1.807, 2.05) is 6.07 Å². The SMILES string of the molecule is CC(C)N(C(=O)[C@@H](c1ccccc1)C1CCCC1)C(C)C. The van der Waals surface area contributed by atoms with E-state index in [0.717, 1.165) is 0 Å². The van der Waals surface area contributed by atoms with E-state index in [0.29, 0.717) is 11.8 Å². The highest BCUT2D eigenvalue weighted by atomic mass is 16.2. The molecule has 2 nitrogen and oxygen atoms in total. The largest absolute Gasteiger partial charge is 0.337 e. The molecule has 0 heterocycles. The molecular weight excluding hydrogens is 258 g/mol. The van der Waals surface area contributed by atoms with Crippen molar-refractivity contribution in [3.05, 3.63) is 35.9 Å². The Bertz CT molecular complexity index is 438. The highest BCUT2D eigenvalue weighted by molar-refractivity contribution is 5.84. The molecule has 1 aliphatic rings. The number of hydrogen-bond donors (Lipinski definition) is 0. The fourth-order valence-corrected chi connectivity index (χ4v) is 3.83. The van der Waals surface area contributed by atoms with Gasteiger partial charge in [-0.05, 0) is 52.0 Å².